The Morgan fingerprint density at radius 2 is 2.22 bits per heavy atom. The summed E-state index contributed by atoms with van der Waals surface area (Å²) >= 11 is 0. The van der Waals surface area contributed by atoms with Gasteiger partial charge in [0.2, 0.25) is 0 Å². The first-order chi connectivity index (χ1) is 8.56. The van der Waals surface area contributed by atoms with E-state index in [9.17, 15) is 9.90 Å². The highest BCUT2D eigenvalue weighted by atomic mass is 16.3. The first kappa shape index (κ1) is 14.2. The minimum absolute atomic E-state index is 0.0815. The molecule has 0 radical (unpaired) electrons. The lowest BCUT2D eigenvalue weighted by molar-refractivity contribution is 0.0908. The van der Waals surface area contributed by atoms with Crippen molar-refractivity contribution >= 4 is 5.91 Å². The van der Waals surface area contributed by atoms with Crippen molar-refractivity contribution in [2.45, 2.75) is 26.3 Å². The topological polar surface area (TPSA) is 73.1 Å². The molecule has 1 aromatic rings. The lowest BCUT2D eigenvalue weighted by Gasteiger charge is -2.18. The molecular formula is C14H18N2O2. The van der Waals surface area contributed by atoms with Crippen molar-refractivity contribution in [3.63, 3.8) is 0 Å². The van der Waals surface area contributed by atoms with E-state index in [0.29, 0.717) is 17.0 Å². The zero-order valence-electron chi connectivity index (χ0n) is 10.7. The number of hydrogen-bond acceptors (Lipinski definition) is 3. The fraction of sp³-hybridized carbons (Fsp3) is 0.429. The van der Waals surface area contributed by atoms with Gasteiger partial charge in [-0.25, -0.2) is 0 Å². The number of amides is 1. The molecule has 0 aromatic heterocycles. The van der Waals surface area contributed by atoms with Gasteiger partial charge in [-0.15, -0.1) is 0 Å². The highest BCUT2D eigenvalue weighted by Gasteiger charge is 2.14. The van der Waals surface area contributed by atoms with E-state index in [1.54, 1.807) is 24.3 Å². The van der Waals surface area contributed by atoms with Gasteiger partial charge in [0.25, 0.3) is 5.91 Å². The van der Waals surface area contributed by atoms with Crippen LogP contribution in [0.4, 0.5) is 0 Å². The average molecular weight is 246 g/mol. The Labute approximate surface area is 107 Å². The van der Waals surface area contributed by atoms with Gasteiger partial charge < -0.3 is 10.4 Å². The molecule has 2 N–H and O–H groups in total. The number of nitriles is 1. The second-order valence-electron chi connectivity index (χ2n) is 4.68. The first-order valence-corrected chi connectivity index (χ1v) is 5.98. The van der Waals surface area contributed by atoms with E-state index < -0.39 is 0 Å². The fourth-order valence-electron chi connectivity index (χ4n) is 1.75. The Bertz CT molecular complexity index is 449. The summed E-state index contributed by atoms with van der Waals surface area (Å²) in [6, 6.07) is 8.26. The van der Waals surface area contributed by atoms with E-state index in [1.165, 1.54) is 0 Å². The van der Waals surface area contributed by atoms with Gasteiger partial charge >= 0.3 is 0 Å². The van der Waals surface area contributed by atoms with Gasteiger partial charge in [0.1, 0.15) is 0 Å². The lowest BCUT2D eigenvalue weighted by atomic mass is 10.0. The van der Waals surface area contributed by atoms with E-state index in [0.717, 1.165) is 6.42 Å². The number of rotatable bonds is 5. The van der Waals surface area contributed by atoms with Crippen LogP contribution in [0.3, 0.4) is 0 Å². The molecule has 0 aliphatic carbocycles. The predicted molar refractivity (Wildman–Crippen MR) is 69.0 cm³/mol. The monoisotopic (exact) mass is 246 g/mol. The molecule has 1 atom stereocenters. The summed E-state index contributed by atoms with van der Waals surface area (Å²) in [7, 11) is 0. The molecule has 0 aliphatic rings. The van der Waals surface area contributed by atoms with Crippen molar-refractivity contribution in [1.82, 2.24) is 5.32 Å². The van der Waals surface area contributed by atoms with Crippen LogP contribution in [0.25, 0.3) is 0 Å². The molecular weight excluding hydrogens is 228 g/mol. The Morgan fingerprint density at radius 1 is 1.50 bits per heavy atom. The lowest BCUT2D eigenvalue weighted by Crippen LogP contribution is -2.38. The Kier molecular flexibility index (Phi) is 5.34. The summed E-state index contributed by atoms with van der Waals surface area (Å²) in [6.45, 7) is 3.98. The zero-order chi connectivity index (χ0) is 13.5. The van der Waals surface area contributed by atoms with Crippen LogP contribution in [0.1, 0.15) is 36.2 Å². The molecule has 1 unspecified atom stereocenters. The van der Waals surface area contributed by atoms with E-state index in [2.05, 4.69) is 5.32 Å². The van der Waals surface area contributed by atoms with Crippen molar-refractivity contribution in [2.75, 3.05) is 6.61 Å². The quantitative estimate of drug-likeness (QED) is 0.830. The average Bonchev–Trinajstić information content (AvgIpc) is 2.37. The molecule has 96 valence electrons. The number of carbonyl (C=O) groups excluding carboxylic acids is 1. The van der Waals surface area contributed by atoms with E-state index in [-0.39, 0.29) is 18.6 Å². The summed E-state index contributed by atoms with van der Waals surface area (Å²) in [5.41, 5.74) is 0.892. The van der Waals surface area contributed by atoms with Gasteiger partial charge in [0, 0.05) is 5.56 Å². The van der Waals surface area contributed by atoms with Crippen LogP contribution in [0.2, 0.25) is 0 Å². The third kappa shape index (κ3) is 4.19. The summed E-state index contributed by atoms with van der Waals surface area (Å²) in [5, 5.41) is 20.7. The van der Waals surface area contributed by atoms with Gasteiger partial charge in [0.05, 0.1) is 24.3 Å². The standard InChI is InChI=1S/C14H18N2O2/c1-10(2)6-13(9-17)16-14(18)12-5-3-4-11(7-12)8-15/h3-5,7,10,13,17H,6,9H2,1-2H3,(H,16,18). The molecule has 0 bridgehead atoms. The molecule has 0 aliphatic heterocycles. The number of carbonyl (C=O) groups is 1. The largest absolute Gasteiger partial charge is 0.394 e. The van der Waals surface area contributed by atoms with Crippen molar-refractivity contribution in [2.24, 2.45) is 5.92 Å². The Balaban J connectivity index is 2.72. The minimum Gasteiger partial charge on any atom is -0.394 e. The maximum Gasteiger partial charge on any atom is 0.251 e. The summed E-state index contributed by atoms with van der Waals surface area (Å²) in [4.78, 5) is 11.9. The van der Waals surface area contributed by atoms with Crippen molar-refractivity contribution in [3.05, 3.63) is 35.4 Å². The number of nitrogens with zero attached hydrogens (tertiary/aromatic N) is 1. The summed E-state index contributed by atoms with van der Waals surface area (Å²) in [5.74, 6) is 0.139. The second-order valence-corrected chi connectivity index (χ2v) is 4.68. The van der Waals surface area contributed by atoms with Crippen LogP contribution in [0, 0.1) is 17.2 Å². The number of benzene rings is 1. The van der Waals surface area contributed by atoms with E-state index in [1.807, 2.05) is 19.9 Å². The Hall–Kier alpha value is -1.86. The normalized spacial score (nSPS) is 11.9. The predicted octanol–water partition coefficient (Wildman–Crippen LogP) is 1.70. The maximum atomic E-state index is 11.9. The molecule has 18 heavy (non-hydrogen) atoms. The highest BCUT2D eigenvalue weighted by Crippen LogP contribution is 2.07. The minimum atomic E-state index is -0.258. The van der Waals surface area contributed by atoms with Gasteiger partial charge in [-0.3, -0.25) is 4.79 Å². The van der Waals surface area contributed by atoms with E-state index in [4.69, 9.17) is 5.26 Å². The highest BCUT2D eigenvalue weighted by molar-refractivity contribution is 5.94. The van der Waals surface area contributed by atoms with Gasteiger partial charge in [0.15, 0.2) is 0 Å². The smallest absolute Gasteiger partial charge is 0.251 e. The molecule has 1 aromatic carbocycles. The van der Waals surface area contributed by atoms with Crippen molar-refractivity contribution in [1.29, 1.82) is 5.26 Å². The summed E-state index contributed by atoms with van der Waals surface area (Å²) in [6.07, 6.45) is 0.722. The number of aliphatic hydroxyl groups is 1. The maximum absolute atomic E-state index is 11.9. The zero-order valence-corrected chi connectivity index (χ0v) is 10.7. The fourth-order valence-corrected chi connectivity index (χ4v) is 1.75. The third-order valence-corrected chi connectivity index (χ3v) is 2.57. The van der Waals surface area contributed by atoms with Crippen molar-refractivity contribution < 1.29 is 9.90 Å². The molecule has 0 spiro atoms. The van der Waals surface area contributed by atoms with Gasteiger partial charge in [-0.05, 0) is 30.5 Å². The summed E-state index contributed by atoms with van der Waals surface area (Å²) < 4.78 is 0. The van der Waals surface area contributed by atoms with Gasteiger partial charge in [-0.2, -0.15) is 5.26 Å². The molecule has 0 saturated carbocycles. The van der Waals surface area contributed by atoms with Gasteiger partial charge in [-0.1, -0.05) is 19.9 Å². The Morgan fingerprint density at radius 3 is 2.78 bits per heavy atom. The van der Waals surface area contributed by atoms with Crippen LogP contribution in [-0.2, 0) is 0 Å². The molecule has 4 heteroatoms. The van der Waals surface area contributed by atoms with Crippen LogP contribution in [0.5, 0.6) is 0 Å². The number of aliphatic hydroxyl groups excluding tert-OH is 1. The number of nitrogens with one attached hydrogen (secondary N) is 1. The van der Waals surface area contributed by atoms with Crippen LogP contribution in [-0.4, -0.2) is 23.7 Å². The molecule has 0 heterocycles. The van der Waals surface area contributed by atoms with Crippen molar-refractivity contribution in [3.8, 4) is 6.07 Å². The van der Waals surface area contributed by atoms with Crippen LogP contribution in [0.15, 0.2) is 24.3 Å². The first-order valence-electron chi connectivity index (χ1n) is 5.98. The third-order valence-electron chi connectivity index (χ3n) is 2.57. The SMILES string of the molecule is CC(C)CC(CO)NC(=O)c1cccc(C#N)c1. The van der Waals surface area contributed by atoms with Crippen LogP contribution >= 0.6 is 0 Å². The molecule has 0 fully saturated rings. The molecule has 4 nitrogen and oxygen atoms in total. The second kappa shape index (κ2) is 6.77. The molecule has 0 saturated heterocycles. The van der Waals surface area contributed by atoms with Crippen LogP contribution < -0.4 is 5.32 Å². The number of hydrogen-bond donors (Lipinski definition) is 2. The molecule has 1 amide bonds. The van der Waals surface area contributed by atoms with E-state index >= 15 is 0 Å². The molecule has 1 rings (SSSR count).